The quantitative estimate of drug-likeness (QED) is 0.728. The van der Waals surface area contributed by atoms with Crippen LogP contribution < -0.4 is 10.6 Å². The predicted molar refractivity (Wildman–Crippen MR) is 87.6 cm³/mol. The van der Waals surface area contributed by atoms with E-state index in [1.54, 1.807) is 0 Å². The average Bonchev–Trinajstić information content (AvgIpc) is 2.47. The lowest BCUT2D eigenvalue weighted by atomic mass is 9.82. The van der Waals surface area contributed by atoms with Crippen molar-refractivity contribution in [1.29, 1.82) is 0 Å². The molecule has 3 atom stereocenters. The van der Waals surface area contributed by atoms with Crippen LogP contribution in [0.25, 0.3) is 0 Å². The molecule has 0 radical (unpaired) electrons. The zero-order valence-corrected chi connectivity index (χ0v) is 14.0. The number of aliphatic hydroxyl groups is 1. The lowest BCUT2D eigenvalue weighted by Gasteiger charge is -2.33. The van der Waals surface area contributed by atoms with Crippen molar-refractivity contribution in [2.45, 2.75) is 70.4 Å². The second kappa shape index (κ2) is 9.65. The molecule has 0 bridgehead atoms. The average molecular weight is 319 g/mol. The van der Waals surface area contributed by atoms with Gasteiger partial charge in [-0.2, -0.15) is 0 Å². The van der Waals surface area contributed by atoms with E-state index in [1.165, 1.54) is 32.1 Å². The summed E-state index contributed by atoms with van der Waals surface area (Å²) in [5.41, 5.74) is 0. The summed E-state index contributed by atoms with van der Waals surface area (Å²) in [5.74, 6) is 0.928. The van der Waals surface area contributed by atoms with Crippen LogP contribution >= 0.6 is 12.4 Å². The molecule has 0 aromatic rings. The van der Waals surface area contributed by atoms with E-state index in [2.05, 4.69) is 17.6 Å². The minimum atomic E-state index is 0. The third kappa shape index (κ3) is 5.76. The minimum Gasteiger partial charge on any atom is -0.396 e. The van der Waals surface area contributed by atoms with E-state index in [1.807, 2.05) is 0 Å². The number of halogens is 1. The van der Waals surface area contributed by atoms with E-state index < -0.39 is 0 Å². The van der Waals surface area contributed by atoms with E-state index >= 15 is 0 Å². The van der Waals surface area contributed by atoms with Gasteiger partial charge in [0.15, 0.2) is 0 Å². The number of piperidine rings is 1. The number of hydrogen-bond acceptors (Lipinski definition) is 3. The Kier molecular flexibility index (Phi) is 8.60. The minimum absolute atomic E-state index is 0. The Hall–Kier alpha value is -0.320. The van der Waals surface area contributed by atoms with E-state index in [-0.39, 0.29) is 36.9 Å². The predicted octanol–water partition coefficient (Wildman–Crippen LogP) is 2.24. The summed E-state index contributed by atoms with van der Waals surface area (Å²) in [6.45, 7) is 3.25. The number of amides is 1. The molecule has 1 amide bonds. The highest BCUT2D eigenvalue weighted by molar-refractivity contribution is 5.85. The van der Waals surface area contributed by atoms with Crippen LogP contribution in [0.4, 0.5) is 0 Å². The van der Waals surface area contributed by atoms with Gasteiger partial charge in [0, 0.05) is 24.6 Å². The molecule has 1 unspecified atom stereocenters. The number of carbonyl (C=O) groups excluding carboxylic acids is 1. The molecule has 4 nitrogen and oxygen atoms in total. The molecule has 2 rings (SSSR count). The number of nitrogens with one attached hydrogen (secondary N) is 2. The van der Waals surface area contributed by atoms with Gasteiger partial charge < -0.3 is 15.7 Å². The first-order valence-electron chi connectivity index (χ1n) is 8.35. The van der Waals surface area contributed by atoms with Crippen molar-refractivity contribution >= 4 is 18.3 Å². The molecular weight excluding hydrogens is 288 g/mol. The molecule has 124 valence electrons. The van der Waals surface area contributed by atoms with Crippen LogP contribution in [0.2, 0.25) is 0 Å². The van der Waals surface area contributed by atoms with Gasteiger partial charge in [-0.3, -0.25) is 4.79 Å². The molecule has 5 heteroatoms. The zero-order chi connectivity index (χ0) is 14.4. The van der Waals surface area contributed by atoms with E-state index in [0.717, 1.165) is 19.4 Å². The Morgan fingerprint density at radius 2 is 2.00 bits per heavy atom. The van der Waals surface area contributed by atoms with Crippen molar-refractivity contribution in [1.82, 2.24) is 10.6 Å². The summed E-state index contributed by atoms with van der Waals surface area (Å²) >= 11 is 0. The third-order valence-electron chi connectivity index (χ3n) is 4.98. The molecule has 0 aromatic heterocycles. The van der Waals surface area contributed by atoms with Crippen LogP contribution in [-0.2, 0) is 4.79 Å². The van der Waals surface area contributed by atoms with Crippen LogP contribution in [0.1, 0.15) is 58.3 Å². The first kappa shape index (κ1) is 18.7. The SMILES string of the molecule is C[C@H]1C[C@@H](C(=O)NC(CCO)C2CCCCC2)CCN1.Cl. The number of aliphatic hydroxyl groups excluding tert-OH is 1. The summed E-state index contributed by atoms with van der Waals surface area (Å²) < 4.78 is 0. The van der Waals surface area contributed by atoms with Gasteiger partial charge in [0.1, 0.15) is 0 Å². The van der Waals surface area contributed by atoms with E-state index in [0.29, 0.717) is 18.4 Å². The second-order valence-corrected chi connectivity index (χ2v) is 6.60. The van der Waals surface area contributed by atoms with Crippen molar-refractivity contribution in [3.8, 4) is 0 Å². The Morgan fingerprint density at radius 1 is 1.29 bits per heavy atom. The molecular formula is C16H31ClN2O2. The van der Waals surface area contributed by atoms with Gasteiger partial charge in [-0.05, 0) is 51.5 Å². The van der Waals surface area contributed by atoms with Crippen LogP contribution in [0.3, 0.4) is 0 Å². The molecule has 2 aliphatic rings. The Balaban J connectivity index is 0.00000220. The van der Waals surface area contributed by atoms with Crippen molar-refractivity contribution in [2.24, 2.45) is 11.8 Å². The van der Waals surface area contributed by atoms with Crippen LogP contribution in [0.15, 0.2) is 0 Å². The van der Waals surface area contributed by atoms with Crippen molar-refractivity contribution in [3.05, 3.63) is 0 Å². The zero-order valence-electron chi connectivity index (χ0n) is 13.1. The number of hydrogen-bond donors (Lipinski definition) is 3. The lowest BCUT2D eigenvalue weighted by molar-refractivity contribution is -0.127. The van der Waals surface area contributed by atoms with Gasteiger partial charge >= 0.3 is 0 Å². The fraction of sp³-hybridized carbons (Fsp3) is 0.938. The van der Waals surface area contributed by atoms with E-state index in [4.69, 9.17) is 0 Å². The lowest BCUT2D eigenvalue weighted by Crippen LogP contribution is -2.48. The smallest absolute Gasteiger partial charge is 0.223 e. The largest absolute Gasteiger partial charge is 0.396 e. The second-order valence-electron chi connectivity index (χ2n) is 6.60. The van der Waals surface area contributed by atoms with Crippen molar-refractivity contribution in [2.75, 3.05) is 13.2 Å². The van der Waals surface area contributed by atoms with Crippen LogP contribution in [-0.4, -0.2) is 36.2 Å². The molecule has 0 aromatic carbocycles. The van der Waals surface area contributed by atoms with Gasteiger partial charge in [-0.1, -0.05) is 19.3 Å². The standard InChI is InChI=1S/C16H30N2O2.ClH/c1-12-11-14(7-9-17-12)16(20)18-15(8-10-19)13-5-3-2-4-6-13;/h12-15,17,19H,2-11H2,1H3,(H,18,20);1H/t12-,14-,15?;/m0./s1. The normalized spacial score (nSPS) is 28.5. The van der Waals surface area contributed by atoms with Gasteiger partial charge in [0.2, 0.25) is 5.91 Å². The molecule has 1 aliphatic heterocycles. The Morgan fingerprint density at radius 3 is 2.62 bits per heavy atom. The summed E-state index contributed by atoms with van der Waals surface area (Å²) in [7, 11) is 0. The fourth-order valence-electron chi connectivity index (χ4n) is 3.77. The summed E-state index contributed by atoms with van der Waals surface area (Å²) in [6, 6.07) is 0.614. The number of rotatable bonds is 5. The van der Waals surface area contributed by atoms with Gasteiger partial charge in [0.05, 0.1) is 0 Å². The van der Waals surface area contributed by atoms with Gasteiger partial charge in [0.25, 0.3) is 0 Å². The molecule has 0 spiro atoms. The molecule has 2 fully saturated rings. The Labute approximate surface area is 134 Å². The highest BCUT2D eigenvalue weighted by Gasteiger charge is 2.29. The fourth-order valence-corrected chi connectivity index (χ4v) is 3.77. The third-order valence-corrected chi connectivity index (χ3v) is 4.98. The molecule has 1 saturated carbocycles. The molecule has 21 heavy (non-hydrogen) atoms. The maximum atomic E-state index is 12.5. The van der Waals surface area contributed by atoms with Crippen molar-refractivity contribution < 1.29 is 9.90 Å². The highest BCUT2D eigenvalue weighted by Crippen LogP contribution is 2.28. The monoisotopic (exact) mass is 318 g/mol. The van der Waals surface area contributed by atoms with Crippen LogP contribution in [0.5, 0.6) is 0 Å². The molecule has 1 saturated heterocycles. The first-order chi connectivity index (χ1) is 9.70. The van der Waals surface area contributed by atoms with Gasteiger partial charge in [-0.25, -0.2) is 0 Å². The highest BCUT2D eigenvalue weighted by atomic mass is 35.5. The van der Waals surface area contributed by atoms with Gasteiger partial charge in [-0.15, -0.1) is 12.4 Å². The van der Waals surface area contributed by atoms with Crippen LogP contribution in [0, 0.1) is 11.8 Å². The summed E-state index contributed by atoms with van der Waals surface area (Å²) in [4.78, 5) is 12.5. The first-order valence-corrected chi connectivity index (χ1v) is 8.35. The maximum absolute atomic E-state index is 12.5. The summed E-state index contributed by atoms with van der Waals surface area (Å²) in [5, 5.41) is 15.9. The summed E-state index contributed by atoms with van der Waals surface area (Å²) in [6.07, 6.45) is 8.84. The molecule has 1 heterocycles. The molecule has 1 aliphatic carbocycles. The topological polar surface area (TPSA) is 61.4 Å². The molecule has 3 N–H and O–H groups in total. The number of carbonyl (C=O) groups is 1. The van der Waals surface area contributed by atoms with Crippen molar-refractivity contribution in [3.63, 3.8) is 0 Å². The van der Waals surface area contributed by atoms with E-state index in [9.17, 15) is 9.90 Å². The Bertz CT molecular complexity index is 309. The maximum Gasteiger partial charge on any atom is 0.223 e.